The van der Waals surface area contributed by atoms with Crippen molar-refractivity contribution in [1.29, 1.82) is 0 Å². The van der Waals surface area contributed by atoms with E-state index in [-0.39, 0.29) is 23.4 Å². The van der Waals surface area contributed by atoms with Crippen LogP contribution in [0.1, 0.15) is 28.4 Å². The molecule has 0 saturated carbocycles. The monoisotopic (exact) mass is 565 g/mol. The van der Waals surface area contributed by atoms with E-state index in [4.69, 9.17) is 23.2 Å². The predicted octanol–water partition coefficient (Wildman–Crippen LogP) is 3.53. The molecule has 39 heavy (non-hydrogen) atoms. The third-order valence-corrected chi connectivity index (χ3v) is 6.63. The minimum Gasteiger partial charge on any atom is -0.426 e. The van der Waals surface area contributed by atoms with Gasteiger partial charge < -0.3 is 25.6 Å². The Labute approximate surface area is 239 Å². The first-order valence-electron chi connectivity index (χ1n) is 12.3. The second kappa shape index (κ2) is 14.6. The van der Waals surface area contributed by atoms with Gasteiger partial charge in [0.25, 0.3) is 5.91 Å². The van der Waals surface area contributed by atoms with Crippen molar-refractivity contribution >= 4 is 47.8 Å². The van der Waals surface area contributed by atoms with Crippen molar-refractivity contribution in [1.82, 2.24) is 10.6 Å². The zero-order valence-electron chi connectivity index (χ0n) is 21.7. The minimum atomic E-state index is -1.82. The first-order valence-corrected chi connectivity index (χ1v) is 13.1. The number of hydrogen-bond acceptors (Lipinski definition) is 5. The van der Waals surface area contributed by atoms with Crippen LogP contribution < -0.4 is 15.5 Å². The second-order valence-corrected chi connectivity index (χ2v) is 9.87. The molecule has 0 heterocycles. The summed E-state index contributed by atoms with van der Waals surface area (Å²) in [5, 5.41) is 25.9. The van der Waals surface area contributed by atoms with Gasteiger partial charge in [-0.1, -0.05) is 71.6 Å². The van der Waals surface area contributed by atoms with Crippen LogP contribution in [-0.2, 0) is 17.6 Å². The fraction of sp³-hybridized carbons (Fsp3) is 0.241. The number of amides is 2. The highest BCUT2D eigenvalue weighted by molar-refractivity contribution is 6.43. The summed E-state index contributed by atoms with van der Waals surface area (Å²) in [6.07, 6.45) is 0.320. The van der Waals surface area contributed by atoms with Crippen LogP contribution in [0.15, 0.2) is 72.8 Å². The highest BCUT2D eigenvalue weighted by Crippen LogP contribution is 2.21. The highest BCUT2D eigenvalue weighted by Gasteiger charge is 2.30. The Morgan fingerprint density at radius 3 is 2.36 bits per heavy atom. The number of anilines is 1. The quantitative estimate of drug-likeness (QED) is 0.210. The van der Waals surface area contributed by atoms with Crippen molar-refractivity contribution < 1.29 is 19.6 Å². The molecule has 3 aromatic rings. The van der Waals surface area contributed by atoms with Gasteiger partial charge in [-0.25, -0.2) is 0 Å². The van der Waals surface area contributed by atoms with E-state index in [2.05, 4.69) is 22.5 Å². The fourth-order valence-corrected chi connectivity index (χ4v) is 4.32. The second-order valence-electron chi connectivity index (χ2n) is 9.03. The SMILES string of the molecule is CC#CCN(C)c1cccc(CC(NC(=O)c2cc(Cl)ccc2Cl)C(=O)NC(Cc2ccccc2)B(O)O)c1. The summed E-state index contributed by atoms with van der Waals surface area (Å²) in [6, 6.07) is 20.1. The number of benzene rings is 3. The molecule has 0 aliphatic carbocycles. The molecule has 0 aliphatic rings. The zero-order chi connectivity index (χ0) is 28.4. The van der Waals surface area contributed by atoms with E-state index >= 15 is 0 Å². The number of carbonyl (C=O) groups is 2. The maximum Gasteiger partial charge on any atom is 0.475 e. The molecule has 10 heteroatoms. The number of carbonyl (C=O) groups excluding carboxylic acids is 2. The third-order valence-electron chi connectivity index (χ3n) is 6.07. The normalized spacial score (nSPS) is 11.9. The van der Waals surface area contributed by atoms with Crippen molar-refractivity contribution in [2.24, 2.45) is 0 Å². The molecule has 4 N–H and O–H groups in total. The van der Waals surface area contributed by atoms with Crippen LogP contribution in [0.3, 0.4) is 0 Å². The molecule has 0 radical (unpaired) electrons. The van der Waals surface area contributed by atoms with E-state index in [0.717, 1.165) is 16.8 Å². The van der Waals surface area contributed by atoms with Gasteiger partial charge in [0.2, 0.25) is 5.91 Å². The van der Waals surface area contributed by atoms with Gasteiger partial charge in [0.1, 0.15) is 6.04 Å². The summed E-state index contributed by atoms with van der Waals surface area (Å²) < 4.78 is 0. The molecule has 202 valence electrons. The highest BCUT2D eigenvalue weighted by atomic mass is 35.5. The summed E-state index contributed by atoms with van der Waals surface area (Å²) in [5.41, 5.74) is 2.61. The Morgan fingerprint density at radius 1 is 0.949 bits per heavy atom. The van der Waals surface area contributed by atoms with Crippen LogP contribution in [0.25, 0.3) is 0 Å². The molecule has 7 nitrogen and oxygen atoms in total. The molecule has 2 atom stereocenters. The lowest BCUT2D eigenvalue weighted by atomic mass is 9.75. The maximum absolute atomic E-state index is 13.5. The van der Waals surface area contributed by atoms with Crippen LogP contribution in [0.4, 0.5) is 5.69 Å². The Hall–Kier alpha value is -3.48. The molecule has 0 bridgehead atoms. The molecule has 0 spiro atoms. The van der Waals surface area contributed by atoms with E-state index in [1.54, 1.807) is 13.0 Å². The third kappa shape index (κ3) is 9.05. The molecule has 2 unspecified atom stereocenters. The molecule has 0 saturated heterocycles. The fourth-order valence-electron chi connectivity index (χ4n) is 3.94. The van der Waals surface area contributed by atoms with E-state index in [1.807, 2.05) is 66.5 Å². The van der Waals surface area contributed by atoms with Gasteiger partial charge in [-0.05, 0) is 54.8 Å². The van der Waals surface area contributed by atoms with Gasteiger partial charge in [-0.2, -0.15) is 0 Å². The Balaban J connectivity index is 1.87. The number of nitrogens with one attached hydrogen (secondary N) is 2. The smallest absolute Gasteiger partial charge is 0.426 e. The number of nitrogens with zero attached hydrogens (tertiary/aromatic N) is 1. The summed E-state index contributed by atoms with van der Waals surface area (Å²) in [7, 11) is 0.0949. The van der Waals surface area contributed by atoms with E-state index in [9.17, 15) is 19.6 Å². The topological polar surface area (TPSA) is 102 Å². The molecule has 0 aromatic heterocycles. The number of hydrogen-bond donors (Lipinski definition) is 4. The average molecular weight is 566 g/mol. The Morgan fingerprint density at radius 2 is 1.67 bits per heavy atom. The predicted molar refractivity (Wildman–Crippen MR) is 157 cm³/mol. The number of halogens is 2. The Kier molecular flexibility index (Phi) is 11.3. The van der Waals surface area contributed by atoms with Gasteiger partial charge >= 0.3 is 7.12 Å². The van der Waals surface area contributed by atoms with Crippen molar-refractivity contribution in [3.05, 3.63) is 99.5 Å². The summed E-state index contributed by atoms with van der Waals surface area (Å²) in [4.78, 5) is 28.6. The van der Waals surface area contributed by atoms with Gasteiger partial charge in [0.15, 0.2) is 0 Å². The summed E-state index contributed by atoms with van der Waals surface area (Å²) >= 11 is 12.3. The zero-order valence-corrected chi connectivity index (χ0v) is 23.2. The van der Waals surface area contributed by atoms with Crippen molar-refractivity contribution in [3.8, 4) is 11.8 Å². The first-order chi connectivity index (χ1) is 18.7. The lowest BCUT2D eigenvalue weighted by Gasteiger charge is -2.24. The maximum atomic E-state index is 13.5. The van der Waals surface area contributed by atoms with Crippen molar-refractivity contribution in [2.45, 2.75) is 31.7 Å². The summed E-state index contributed by atoms with van der Waals surface area (Å²) in [6.45, 7) is 2.31. The van der Waals surface area contributed by atoms with E-state index in [1.165, 1.54) is 12.1 Å². The van der Waals surface area contributed by atoms with E-state index in [0.29, 0.717) is 11.6 Å². The van der Waals surface area contributed by atoms with Gasteiger partial charge in [0.05, 0.1) is 23.1 Å². The first kappa shape index (κ1) is 30.1. The molecule has 0 fully saturated rings. The Bertz CT molecular complexity index is 1350. The largest absolute Gasteiger partial charge is 0.475 e. The van der Waals surface area contributed by atoms with Crippen LogP contribution >= 0.6 is 23.2 Å². The summed E-state index contributed by atoms with van der Waals surface area (Å²) in [5.74, 6) is 3.72. The minimum absolute atomic E-state index is 0.122. The number of rotatable bonds is 11. The standard InChI is InChI=1S/C29H30BCl2N3O4/c1-3-4-15-35(2)23-12-8-11-21(16-23)17-26(33-28(36)24-19-22(31)13-14-25(24)32)29(37)34-27(30(38)39)18-20-9-6-5-7-10-20/h5-14,16,19,26-27,38-39H,15,17-18H2,1-2H3,(H,33,36)(H,34,37). The molecule has 3 rings (SSSR count). The lowest BCUT2D eigenvalue weighted by Crippen LogP contribution is -2.55. The molecular formula is C29H30BCl2N3O4. The van der Waals surface area contributed by atoms with Crippen LogP contribution in [0, 0.1) is 11.8 Å². The molecule has 2 amide bonds. The van der Waals surface area contributed by atoms with Crippen molar-refractivity contribution in [3.63, 3.8) is 0 Å². The van der Waals surface area contributed by atoms with Gasteiger partial charge in [0, 0.05) is 24.2 Å². The van der Waals surface area contributed by atoms with Gasteiger partial charge in [-0.15, -0.1) is 5.92 Å². The van der Waals surface area contributed by atoms with E-state index < -0.39 is 30.9 Å². The lowest BCUT2D eigenvalue weighted by molar-refractivity contribution is -0.123. The molecule has 0 aliphatic heterocycles. The van der Waals surface area contributed by atoms with Gasteiger partial charge in [-0.3, -0.25) is 9.59 Å². The van der Waals surface area contributed by atoms with Crippen LogP contribution in [0.2, 0.25) is 10.0 Å². The van der Waals surface area contributed by atoms with Crippen LogP contribution in [-0.4, -0.2) is 54.6 Å². The average Bonchev–Trinajstić information content (AvgIpc) is 2.92. The molecular weight excluding hydrogens is 536 g/mol. The van der Waals surface area contributed by atoms with Crippen LogP contribution in [0.5, 0.6) is 0 Å². The molecule has 3 aromatic carbocycles. The van der Waals surface area contributed by atoms with Crippen molar-refractivity contribution in [2.75, 3.05) is 18.5 Å².